The molecule has 0 aliphatic heterocycles. The lowest BCUT2D eigenvalue weighted by atomic mass is 9.74. The van der Waals surface area contributed by atoms with E-state index in [1.54, 1.807) is 12.1 Å². The predicted molar refractivity (Wildman–Crippen MR) is 110 cm³/mol. The van der Waals surface area contributed by atoms with Crippen molar-refractivity contribution in [2.24, 2.45) is 0 Å². The Morgan fingerprint density at radius 3 is 2.47 bits per heavy atom. The summed E-state index contributed by atoms with van der Waals surface area (Å²) >= 11 is 0. The highest BCUT2D eigenvalue weighted by Gasteiger charge is 2.49. The van der Waals surface area contributed by atoms with Crippen LogP contribution in [0, 0.1) is 0 Å². The van der Waals surface area contributed by atoms with Gasteiger partial charge in [-0.15, -0.1) is 0 Å². The zero-order chi connectivity index (χ0) is 23.9. The Morgan fingerprint density at radius 1 is 1.19 bits per heavy atom. The van der Waals surface area contributed by atoms with Gasteiger partial charge in [-0.05, 0) is 41.2 Å². The number of alkyl halides is 3. The lowest BCUT2D eigenvalue weighted by Gasteiger charge is -2.32. The first-order valence-electron chi connectivity index (χ1n) is 9.21. The van der Waals surface area contributed by atoms with Gasteiger partial charge in [0, 0.05) is 11.1 Å². The number of para-hydroxylation sites is 1. The lowest BCUT2D eigenvalue weighted by Crippen LogP contribution is -2.27. The molecule has 0 spiro atoms. The van der Waals surface area contributed by atoms with E-state index in [1.165, 1.54) is 30.3 Å². The number of carbonyl (C=O) groups is 2. The second-order valence-electron chi connectivity index (χ2n) is 7.70. The number of benzene rings is 2. The molecule has 0 heterocycles. The number of anilines is 1. The molecule has 0 unspecified atom stereocenters. The van der Waals surface area contributed by atoms with Gasteiger partial charge in [-0.25, -0.2) is 4.79 Å². The van der Waals surface area contributed by atoms with Crippen molar-refractivity contribution in [2.45, 2.75) is 31.2 Å². The number of carbonyl (C=O) groups excluding carboxylic acids is 1. The quantitative estimate of drug-likeness (QED) is 0.366. The van der Waals surface area contributed by atoms with Crippen LogP contribution in [0.4, 0.5) is 18.9 Å². The van der Waals surface area contributed by atoms with Crippen molar-refractivity contribution in [3.05, 3.63) is 59.2 Å². The summed E-state index contributed by atoms with van der Waals surface area (Å²) in [7, 11) is -5.89. The van der Waals surface area contributed by atoms with Crippen LogP contribution in [-0.2, 0) is 24.5 Å². The number of allylic oxidation sites excluding steroid dienone is 1. The van der Waals surface area contributed by atoms with E-state index in [9.17, 15) is 36.3 Å². The molecule has 7 nitrogen and oxygen atoms in total. The van der Waals surface area contributed by atoms with Gasteiger partial charge >= 0.3 is 21.6 Å². The summed E-state index contributed by atoms with van der Waals surface area (Å²) in [6.45, 7) is 3.67. The highest BCUT2D eigenvalue weighted by molar-refractivity contribution is 7.87. The van der Waals surface area contributed by atoms with Crippen LogP contribution < -0.4 is 5.32 Å². The van der Waals surface area contributed by atoms with E-state index >= 15 is 0 Å². The normalized spacial score (nSPS) is 15.3. The molecule has 3 rings (SSSR count). The van der Waals surface area contributed by atoms with Gasteiger partial charge in [-0.3, -0.25) is 4.79 Å². The van der Waals surface area contributed by atoms with Crippen LogP contribution in [0.5, 0.6) is 0 Å². The van der Waals surface area contributed by atoms with Crippen LogP contribution in [0.2, 0.25) is 0 Å². The van der Waals surface area contributed by atoms with Crippen molar-refractivity contribution in [3.8, 4) is 11.1 Å². The SMILES string of the molecule is CC1(C)CC=C(OS(=O)(=O)C(F)(F)F)c2cc(-c3cccc(C(=O)O)c3NC=O)ccc21. The molecule has 0 radical (unpaired) electrons. The first kappa shape index (κ1) is 23.3. The molecular weight excluding hydrogens is 451 g/mol. The second kappa shape index (κ2) is 7.97. The minimum atomic E-state index is -5.89. The monoisotopic (exact) mass is 469 g/mol. The minimum Gasteiger partial charge on any atom is -0.478 e. The van der Waals surface area contributed by atoms with Crippen molar-refractivity contribution in [1.82, 2.24) is 0 Å². The number of carboxylic acid groups (broad SMARTS) is 1. The van der Waals surface area contributed by atoms with Crippen LogP contribution in [-0.4, -0.2) is 31.4 Å². The van der Waals surface area contributed by atoms with E-state index < -0.39 is 32.8 Å². The molecule has 0 saturated carbocycles. The van der Waals surface area contributed by atoms with Gasteiger partial charge in [0.2, 0.25) is 6.41 Å². The van der Waals surface area contributed by atoms with E-state index in [-0.39, 0.29) is 28.8 Å². The molecule has 170 valence electrons. The molecule has 1 amide bonds. The molecule has 2 N–H and O–H groups in total. The molecule has 0 atom stereocenters. The average molecular weight is 469 g/mol. The van der Waals surface area contributed by atoms with Gasteiger partial charge in [-0.2, -0.15) is 21.6 Å². The molecule has 0 bridgehead atoms. The van der Waals surface area contributed by atoms with E-state index in [2.05, 4.69) is 9.50 Å². The molecule has 1 aliphatic carbocycles. The number of carboxylic acids is 1. The fourth-order valence-electron chi connectivity index (χ4n) is 3.50. The molecule has 0 aromatic heterocycles. The third-order valence-electron chi connectivity index (χ3n) is 5.10. The maximum absolute atomic E-state index is 12.9. The zero-order valence-electron chi connectivity index (χ0n) is 16.9. The van der Waals surface area contributed by atoms with E-state index in [0.29, 0.717) is 17.5 Å². The standard InChI is InChI=1S/C21H18F3NO6S/c1-20(2)9-8-17(31-32(29,30)21(22,23)24)15-10-12(6-7-16(15)20)13-4-3-5-14(19(27)28)18(13)25-11-26/h3-8,10-11H,9H2,1-2H3,(H,25,26)(H,27,28). The smallest absolute Gasteiger partial charge is 0.478 e. The Labute approximate surface area is 181 Å². The topological polar surface area (TPSA) is 110 Å². The van der Waals surface area contributed by atoms with Crippen LogP contribution in [0.1, 0.15) is 41.8 Å². The summed E-state index contributed by atoms with van der Waals surface area (Å²) in [5.41, 5.74) is -5.06. The summed E-state index contributed by atoms with van der Waals surface area (Å²) in [5, 5.41) is 11.8. The fraction of sp³-hybridized carbons (Fsp3) is 0.238. The fourth-order valence-corrected chi connectivity index (χ4v) is 3.99. The Hall–Kier alpha value is -3.34. The second-order valence-corrected chi connectivity index (χ2v) is 9.23. The van der Waals surface area contributed by atoms with Crippen molar-refractivity contribution in [3.63, 3.8) is 0 Å². The van der Waals surface area contributed by atoms with Crippen molar-refractivity contribution >= 4 is 33.9 Å². The van der Waals surface area contributed by atoms with Gasteiger partial charge in [0.1, 0.15) is 5.76 Å². The maximum atomic E-state index is 12.9. The molecule has 0 saturated heterocycles. The first-order valence-corrected chi connectivity index (χ1v) is 10.6. The summed E-state index contributed by atoms with van der Waals surface area (Å²) in [5.74, 6) is -1.77. The number of fused-ring (bicyclic) bond motifs is 1. The summed E-state index contributed by atoms with van der Waals surface area (Å²) in [6.07, 6.45) is 1.80. The van der Waals surface area contributed by atoms with Gasteiger partial charge in [0.25, 0.3) is 0 Å². The van der Waals surface area contributed by atoms with Gasteiger partial charge in [-0.1, -0.05) is 38.1 Å². The lowest BCUT2D eigenvalue weighted by molar-refractivity contribution is -0.105. The highest BCUT2D eigenvalue weighted by atomic mass is 32.2. The van der Waals surface area contributed by atoms with E-state index in [4.69, 9.17) is 0 Å². The molecule has 1 aliphatic rings. The van der Waals surface area contributed by atoms with E-state index in [0.717, 1.165) is 0 Å². The number of hydrogen-bond acceptors (Lipinski definition) is 5. The van der Waals surface area contributed by atoms with Crippen molar-refractivity contribution in [1.29, 1.82) is 0 Å². The first-order chi connectivity index (χ1) is 14.8. The van der Waals surface area contributed by atoms with Gasteiger partial charge in [0.05, 0.1) is 11.3 Å². The van der Waals surface area contributed by atoms with Crippen molar-refractivity contribution in [2.75, 3.05) is 5.32 Å². The third-order valence-corrected chi connectivity index (χ3v) is 6.07. The predicted octanol–water partition coefficient (Wildman–Crippen LogP) is 4.51. The minimum absolute atomic E-state index is 0.0145. The summed E-state index contributed by atoms with van der Waals surface area (Å²) in [4.78, 5) is 22.6. The molecule has 32 heavy (non-hydrogen) atoms. The summed E-state index contributed by atoms with van der Waals surface area (Å²) in [6, 6.07) is 8.87. The molecule has 0 fully saturated rings. The molecule has 2 aromatic carbocycles. The number of rotatable bonds is 6. The third kappa shape index (κ3) is 4.20. The highest BCUT2D eigenvalue weighted by Crippen LogP contribution is 2.43. The van der Waals surface area contributed by atoms with Crippen LogP contribution >= 0.6 is 0 Å². The number of halogens is 3. The number of amides is 1. The Morgan fingerprint density at radius 2 is 1.88 bits per heavy atom. The summed E-state index contributed by atoms with van der Waals surface area (Å²) < 4.78 is 66.3. The average Bonchev–Trinajstić information content (AvgIpc) is 2.69. The number of hydrogen-bond donors (Lipinski definition) is 2. The molecule has 11 heteroatoms. The van der Waals surface area contributed by atoms with Crippen molar-refractivity contribution < 1.29 is 40.5 Å². The number of nitrogens with one attached hydrogen (secondary N) is 1. The zero-order valence-corrected chi connectivity index (χ0v) is 17.7. The largest absolute Gasteiger partial charge is 0.534 e. The van der Waals surface area contributed by atoms with E-state index in [1.807, 2.05) is 13.8 Å². The Bertz CT molecular complexity index is 1230. The van der Waals surface area contributed by atoms with Gasteiger partial charge < -0.3 is 14.6 Å². The van der Waals surface area contributed by atoms with Crippen LogP contribution in [0.3, 0.4) is 0 Å². The maximum Gasteiger partial charge on any atom is 0.534 e. The molecule has 2 aromatic rings. The molecular formula is C21H18F3NO6S. The van der Waals surface area contributed by atoms with Crippen LogP contribution in [0.15, 0.2) is 42.5 Å². The van der Waals surface area contributed by atoms with Gasteiger partial charge in [0.15, 0.2) is 0 Å². The van der Waals surface area contributed by atoms with Crippen LogP contribution in [0.25, 0.3) is 16.9 Å². The Kier molecular flexibility index (Phi) is 5.81. The Balaban J connectivity index is 2.20. The number of aromatic carboxylic acids is 1.